The molecule has 0 fully saturated rings. The van der Waals surface area contributed by atoms with Crippen molar-refractivity contribution in [2.75, 3.05) is 12.3 Å². The number of imidazole rings is 1. The van der Waals surface area contributed by atoms with Gasteiger partial charge in [0.25, 0.3) is 0 Å². The lowest BCUT2D eigenvalue weighted by atomic mass is 10.1. The number of fused-ring (bicyclic) bond motifs is 1. The lowest BCUT2D eigenvalue weighted by molar-refractivity contribution is 0.100. The lowest BCUT2D eigenvalue weighted by Gasteiger charge is -2.28. The maximum atomic E-state index is 11.1. The van der Waals surface area contributed by atoms with E-state index in [1.54, 1.807) is 12.1 Å². The van der Waals surface area contributed by atoms with Crippen molar-refractivity contribution in [3.8, 4) is 0 Å². The number of aromatic nitrogens is 2. The fourth-order valence-electron chi connectivity index (χ4n) is 2.49. The first kappa shape index (κ1) is 12.7. The smallest absolute Gasteiger partial charge is 0.248 e. The van der Waals surface area contributed by atoms with E-state index in [0.29, 0.717) is 11.3 Å². The Hall–Kier alpha value is -2.34. The number of carbonyl (C=O) groups excluding carboxylic acids is 1. The van der Waals surface area contributed by atoms with E-state index in [9.17, 15) is 4.79 Å². The first-order chi connectivity index (χ1) is 9.63. The van der Waals surface area contributed by atoms with Gasteiger partial charge in [-0.1, -0.05) is 6.07 Å². The van der Waals surface area contributed by atoms with Gasteiger partial charge in [-0.05, 0) is 17.7 Å². The van der Waals surface area contributed by atoms with Gasteiger partial charge in [0.05, 0.1) is 6.54 Å². The quantitative estimate of drug-likeness (QED) is 0.799. The molecular weight excluding hydrogens is 254 g/mol. The van der Waals surface area contributed by atoms with Gasteiger partial charge in [0, 0.05) is 43.3 Å². The second-order valence-corrected chi connectivity index (χ2v) is 5.03. The molecular formula is C14H17N5O. The van der Waals surface area contributed by atoms with Gasteiger partial charge in [-0.3, -0.25) is 9.69 Å². The molecule has 0 aliphatic carbocycles. The molecule has 1 aliphatic heterocycles. The molecule has 0 bridgehead atoms. The summed E-state index contributed by atoms with van der Waals surface area (Å²) >= 11 is 0. The van der Waals surface area contributed by atoms with E-state index in [2.05, 4.69) is 14.5 Å². The molecule has 2 aromatic rings. The van der Waals surface area contributed by atoms with Gasteiger partial charge in [-0.25, -0.2) is 4.98 Å². The van der Waals surface area contributed by atoms with Crippen molar-refractivity contribution in [2.45, 2.75) is 19.6 Å². The van der Waals surface area contributed by atoms with Crippen LogP contribution < -0.4 is 11.5 Å². The molecule has 2 heterocycles. The van der Waals surface area contributed by atoms with E-state index in [-0.39, 0.29) is 0 Å². The van der Waals surface area contributed by atoms with Crippen LogP contribution in [-0.4, -0.2) is 26.9 Å². The van der Waals surface area contributed by atoms with E-state index in [1.807, 2.05) is 18.5 Å². The minimum atomic E-state index is -0.455. The Morgan fingerprint density at radius 1 is 1.35 bits per heavy atom. The maximum absolute atomic E-state index is 11.1. The molecule has 1 aromatic heterocycles. The van der Waals surface area contributed by atoms with Gasteiger partial charge in [0.2, 0.25) is 5.91 Å². The van der Waals surface area contributed by atoms with Crippen molar-refractivity contribution in [3.63, 3.8) is 0 Å². The highest BCUT2D eigenvalue weighted by atomic mass is 16.1. The molecule has 0 spiro atoms. The number of nitrogen functional groups attached to an aromatic ring is 1. The molecule has 0 unspecified atom stereocenters. The molecule has 1 amide bonds. The number of hydrogen-bond donors (Lipinski definition) is 2. The van der Waals surface area contributed by atoms with Crippen LogP contribution in [0.15, 0.2) is 30.6 Å². The molecule has 0 radical (unpaired) electrons. The highest BCUT2D eigenvalue weighted by Crippen LogP contribution is 2.19. The summed E-state index contributed by atoms with van der Waals surface area (Å²) in [6.07, 6.45) is 3.83. The van der Waals surface area contributed by atoms with E-state index in [1.165, 1.54) is 0 Å². The summed E-state index contributed by atoms with van der Waals surface area (Å²) in [6.45, 7) is 3.46. The number of benzene rings is 1. The minimum Gasteiger partial charge on any atom is -0.398 e. The third-order valence-corrected chi connectivity index (χ3v) is 3.65. The van der Waals surface area contributed by atoms with Crippen LogP contribution in [0.5, 0.6) is 0 Å². The van der Waals surface area contributed by atoms with Crippen LogP contribution in [0.4, 0.5) is 5.69 Å². The molecule has 1 aliphatic rings. The predicted molar refractivity (Wildman–Crippen MR) is 75.7 cm³/mol. The van der Waals surface area contributed by atoms with Gasteiger partial charge >= 0.3 is 0 Å². The molecule has 20 heavy (non-hydrogen) atoms. The topological polar surface area (TPSA) is 90.2 Å². The number of amides is 1. The van der Waals surface area contributed by atoms with Crippen LogP contribution in [0.3, 0.4) is 0 Å². The lowest BCUT2D eigenvalue weighted by Crippen LogP contribution is -2.33. The summed E-state index contributed by atoms with van der Waals surface area (Å²) in [5.74, 6) is 0.617. The summed E-state index contributed by atoms with van der Waals surface area (Å²) in [7, 11) is 0. The van der Waals surface area contributed by atoms with Gasteiger partial charge < -0.3 is 16.0 Å². The summed E-state index contributed by atoms with van der Waals surface area (Å²) in [4.78, 5) is 17.7. The zero-order valence-electron chi connectivity index (χ0n) is 11.1. The molecule has 6 nitrogen and oxygen atoms in total. The van der Waals surface area contributed by atoms with E-state index < -0.39 is 5.91 Å². The highest BCUT2D eigenvalue weighted by Gasteiger charge is 2.17. The number of hydrogen-bond acceptors (Lipinski definition) is 4. The summed E-state index contributed by atoms with van der Waals surface area (Å²) in [5, 5.41) is 0. The Kier molecular flexibility index (Phi) is 3.15. The third kappa shape index (κ3) is 2.37. The molecule has 6 heteroatoms. The summed E-state index contributed by atoms with van der Waals surface area (Å²) in [6, 6.07) is 5.23. The number of nitrogens with zero attached hydrogens (tertiary/aromatic N) is 3. The Balaban J connectivity index is 1.74. The van der Waals surface area contributed by atoms with E-state index >= 15 is 0 Å². The molecule has 0 saturated carbocycles. The Morgan fingerprint density at radius 2 is 2.20 bits per heavy atom. The normalized spacial score (nSPS) is 15.0. The molecule has 3 rings (SSSR count). The standard InChI is InChI=1S/C14H17N5O/c15-12-7-10(14(16)20)1-2-11(12)8-18-5-6-19-4-3-17-13(19)9-18/h1-4,7H,5-6,8-9,15H2,(H2,16,20). The van der Waals surface area contributed by atoms with Crippen LogP contribution in [-0.2, 0) is 19.6 Å². The Bertz CT molecular complexity index is 649. The molecule has 0 saturated heterocycles. The van der Waals surface area contributed by atoms with Crippen molar-refractivity contribution in [1.82, 2.24) is 14.5 Å². The highest BCUT2D eigenvalue weighted by molar-refractivity contribution is 5.93. The number of primary amides is 1. The Labute approximate surface area is 117 Å². The van der Waals surface area contributed by atoms with Crippen LogP contribution in [0, 0.1) is 0 Å². The number of rotatable bonds is 3. The first-order valence-corrected chi connectivity index (χ1v) is 6.54. The molecule has 0 atom stereocenters. The van der Waals surface area contributed by atoms with Crippen LogP contribution in [0.25, 0.3) is 0 Å². The van der Waals surface area contributed by atoms with Crippen molar-refractivity contribution >= 4 is 11.6 Å². The van der Waals surface area contributed by atoms with Gasteiger partial charge in [-0.15, -0.1) is 0 Å². The zero-order chi connectivity index (χ0) is 14.1. The Morgan fingerprint density at radius 3 is 2.95 bits per heavy atom. The monoisotopic (exact) mass is 271 g/mol. The average molecular weight is 271 g/mol. The van der Waals surface area contributed by atoms with Crippen molar-refractivity contribution in [1.29, 1.82) is 0 Å². The van der Waals surface area contributed by atoms with E-state index in [4.69, 9.17) is 11.5 Å². The van der Waals surface area contributed by atoms with Crippen molar-refractivity contribution in [2.24, 2.45) is 5.73 Å². The second kappa shape index (κ2) is 4.97. The molecule has 1 aromatic carbocycles. The second-order valence-electron chi connectivity index (χ2n) is 5.03. The first-order valence-electron chi connectivity index (χ1n) is 6.54. The third-order valence-electron chi connectivity index (χ3n) is 3.65. The van der Waals surface area contributed by atoms with Crippen LogP contribution in [0.1, 0.15) is 21.7 Å². The number of anilines is 1. The van der Waals surface area contributed by atoms with E-state index in [0.717, 1.165) is 37.6 Å². The SMILES string of the molecule is NC(=O)c1ccc(CN2CCn3ccnc3C2)c(N)c1. The zero-order valence-corrected chi connectivity index (χ0v) is 11.1. The van der Waals surface area contributed by atoms with Crippen LogP contribution >= 0.6 is 0 Å². The number of nitrogens with two attached hydrogens (primary N) is 2. The van der Waals surface area contributed by atoms with Crippen LogP contribution in [0.2, 0.25) is 0 Å². The molecule has 4 N–H and O–H groups in total. The largest absolute Gasteiger partial charge is 0.398 e. The maximum Gasteiger partial charge on any atom is 0.248 e. The summed E-state index contributed by atoms with van der Waals surface area (Å²) in [5.41, 5.74) is 13.3. The molecule has 104 valence electrons. The van der Waals surface area contributed by atoms with Crippen molar-refractivity contribution in [3.05, 3.63) is 47.5 Å². The van der Waals surface area contributed by atoms with Gasteiger partial charge in [0.1, 0.15) is 5.82 Å². The fourth-order valence-corrected chi connectivity index (χ4v) is 2.49. The fraction of sp³-hybridized carbons (Fsp3) is 0.286. The number of carbonyl (C=O) groups is 1. The predicted octanol–water partition coefficient (Wildman–Crippen LogP) is 0.580. The van der Waals surface area contributed by atoms with Gasteiger partial charge in [-0.2, -0.15) is 0 Å². The average Bonchev–Trinajstić information content (AvgIpc) is 2.88. The van der Waals surface area contributed by atoms with Crippen molar-refractivity contribution < 1.29 is 4.79 Å². The van der Waals surface area contributed by atoms with Gasteiger partial charge in [0.15, 0.2) is 0 Å². The minimum absolute atomic E-state index is 0.445. The summed E-state index contributed by atoms with van der Waals surface area (Å²) < 4.78 is 2.16.